The van der Waals surface area contributed by atoms with Gasteiger partial charge in [-0.3, -0.25) is 9.36 Å². The van der Waals surface area contributed by atoms with Crippen LogP contribution in [0.3, 0.4) is 0 Å². The van der Waals surface area contributed by atoms with E-state index in [0.717, 1.165) is 28.0 Å². The van der Waals surface area contributed by atoms with Gasteiger partial charge in [0, 0.05) is 0 Å². The first-order valence-electron chi connectivity index (χ1n) is 10.2. The topological polar surface area (TPSA) is 77.4 Å². The number of nitrogens with one attached hydrogen (secondary N) is 1. The van der Waals surface area contributed by atoms with Gasteiger partial charge in [-0.1, -0.05) is 59.4 Å². The molecule has 0 aliphatic rings. The van der Waals surface area contributed by atoms with E-state index in [0.29, 0.717) is 17.0 Å². The molecule has 0 bridgehead atoms. The van der Waals surface area contributed by atoms with E-state index >= 15 is 0 Å². The number of hydrogen-bond donors (Lipinski definition) is 1. The van der Waals surface area contributed by atoms with Crippen LogP contribution in [0.5, 0.6) is 5.75 Å². The van der Waals surface area contributed by atoms with E-state index in [9.17, 15) is 13.2 Å². The smallest absolute Gasteiger partial charge is 0.308 e. The van der Waals surface area contributed by atoms with Crippen molar-refractivity contribution in [2.45, 2.75) is 31.3 Å². The summed E-state index contributed by atoms with van der Waals surface area (Å²) in [6.07, 6.45) is 0. The maximum Gasteiger partial charge on any atom is 0.308 e. The van der Waals surface area contributed by atoms with Crippen molar-refractivity contribution in [2.24, 2.45) is 0 Å². The summed E-state index contributed by atoms with van der Waals surface area (Å²) in [4.78, 5) is 12.5. The van der Waals surface area contributed by atoms with Gasteiger partial charge >= 0.3 is 4.87 Å². The molecule has 0 saturated carbocycles. The molecule has 0 aliphatic heterocycles. The number of benzene rings is 3. The molecule has 0 amide bonds. The predicted octanol–water partition coefficient (Wildman–Crippen LogP) is 4.17. The molecule has 1 atom stereocenters. The van der Waals surface area contributed by atoms with Gasteiger partial charge in [0.15, 0.2) is 0 Å². The SMILES string of the molecule is Cc1ccc(OC[C@@H](C)NS(=O)(=O)c2ccc3c(c2)sc(=O)n3Cc2ccccc2)cc1. The molecule has 166 valence electrons. The molecule has 1 aromatic heterocycles. The molecule has 0 unspecified atom stereocenters. The van der Waals surface area contributed by atoms with Crippen LogP contribution in [-0.4, -0.2) is 25.6 Å². The maximum absolute atomic E-state index is 12.9. The number of nitrogens with zero attached hydrogens (tertiary/aromatic N) is 1. The first-order valence-corrected chi connectivity index (χ1v) is 12.5. The molecule has 0 fully saturated rings. The highest BCUT2D eigenvalue weighted by Crippen LogP contribution is 2.23. The largest absolute Gasteiger partial charge is 0.492 e. The molecule has 6 nitrogen and oxygen atoms in total. The van der Waals surface area contributed by atoms with Crippen LogP contribution in [0.15, 0.2) is 82.5 Å². The molecule has 32 heavy (non-hydrogen) atoms. The Kier molecular flexibility index (Phi) is 6.45. The Morgan fingerprint density at radius 2 is 1.75 bits per heavy atom. The standard InChI is InChI=1S/C24H24N2O4S2/c1-17-8-10-20(11-9-17)30-16-18(2)25-32(28,29)21-12-13-22-23(14-21)31-24(27)26(22)15-19-6-4-3-5-7-19/h3-14,18,25H,15-16H2,1-2H3/t18-/m1/s1. The summed E-state index contributed by atoms with van der Waals surface area (Å²) in [5.41, 5.74) is 2.86. The highest BCUT2D eigenvalue weighted by atomic mass is 32.2. The fraction of sp³-hybridized carbons (Fsp3) is 0.208. The van der Waals surface area contributed by atoms with Gasteiger partial charge in [-0.15, -0.1) is 0 Å². The third kappa shape index (κ3) is 5.09. The summed E-state index contributed by atoms with van der Waals surface area (Å²) >= 11 is 1.05. The Labute approximate surface area is 191 Å². The van der Waals surface area contributed by atoms with Gasteiger partial charge < -0.3 is 4.74 Å². The molecule has 8 heteroatoms. The highest BCUT2D eigenvalue weighted by molar-refractivity contribution is 7.89. The van der Waals surface area contributed by atoms with E-state index in [2.05, 4.69) is 4.72 Å². The van der Waals surface area contributed by atoms with Gasteiger partial charge in [0.1, 0.15) is 12.4 Å². The Morgan fingerprint density at radius 3 is 2.47 bits per heavy atom. The van der Waals surface area contributed by atoms with Crippen LogP contribution in [0.4, 0.5) is 0 Å². The van der Waals surface area contributed by atoms with E-state index in [1.165, 1.54) is 6.07 Å². The van der Waals surface area contributed by atoms with E-state index in [4.69, 9.17) is 4.74 Å². The summed E-state index contributed by atoms with van der Waals surface area (Å²) in [5.74, 6) is 0.688. The van der Waals surface area contributed by atoms with E-state index < -0.39 is 16.1 Å². The number of sulfonamides is 1. The number of aryl methyl sites for hydroxylation is 1. The molecular formula is C24H24N2O4S2. The second kappa shape index (κ2) is 9.28. The third-order valence-electron chi connectivity index (χ3n) is 5.01. The lowest BCUT2D eigenvalue weighted by Gasteiger charge is -2.15. The average Bonchev–Trinajstić information content (AvgIpc) is 3.08. The molecule has 4 rings (SSSR count). The zero-order valence-corrected chi connectivity index (χ0v) is 19.4. The Balaban J connectivity index is 1.49. The van der Waals surface area contributed by atoms with Gasteiger partial charge in [0.05, 0.1) is 27.7 Å². The van der Waals surface area contributed by atoms with Crippen LogP contribution in [0.2, 0.25) is 0 Å². The number of rotatable bonds is 8. The van der Waals surface area contributed by atoms with E-state index in [1.54, 1.807) is 23.6 Å². The molecule has 0 radical (unpaired) electrons. The number of ether oxygens (including phenoxy) is 1. The molecule has 0 saturated heterocycles. The number of hydrogen-bond acceptors (Lipinski definition) is 5. The van der Waals surface area contributed by atoms with Crippen LogP contribution < -0.4 is 14.3 Å². The molecule has 1 N–H and O–H groups in total. The summed E-state index contributed by atoms with van der Waals surface area (Å²) in [5, 5.41) is 0. The molecule has 4 aromatic rings. The van der Waals surface area contributed by atoms with E-state index in [1.807, 2.05) is 61.5 Å². The Hall–Kier alpha value is -2.94. The summed E-state index contributed by atoms with van der Waals surface area (Å²) in [6, 6.07) is 21.6. The first-order chi connectivity index (χ1) is 15.3. The minimum atomic E-state index is -3.76. The number of fused-ring (bicyclic) bond motifs is 1. The minimum absolute atomic E-state index is 0.119. The van der Waals surface area contributed by atoms with Crippen LogP contribution in [0.1, 0.15) is 18.1 Å². The van der Waals surface area contributed by atoms with Gasteiger partial charge in [-0.05, 0) is 49.7 Å². The van der Waals surface area contributed by atoms with Crippen LogP contribution >= 0.6 is 11.3 Å². The lowest BCUT2D eigenvalue weighted by molar-refractivity contribution is 0.287. The fourth-order valence-electron chi connectivity index (χ4n) is 3.35. The van der Waals surface area contributed by atoms with Crippen molar-refractivity contribution in [2.75, 3.05) is 6.61 Å². The molecule has 3 aromatic carbocycles. The minimum Gasteiger partial charge on any atom is -0.492 e. The molecule has 0 spiro atoms. The van der Waals surface area contributed by atoms with Gasteiger partial charge in [0.25, 0.3) is 0 Å². The molecular weight excluding hydrogens is 444 g/mol. The fourth-order valence-corrected chi connectivity index (χ4v) is 5.61. The Bertz CT molecular complexity index is 1380. The van der Waals surface area contributed by atoms with Crippen molar-refractivity contribution in [3.63, 3.8) is 0 Å². The lowest BCUT2D eigenvalue weighted by Crippen LogP contribution is -2.36. The number of aromatic nitrogens is 1. The molecule has 1 heterocycles. The monoisotopic (exact) mass is 468 g/mol. The van der Waals surface area contributed by atoms with Gasteiger partial charge in [-0.25, -0.2) is 13.1 Å². The summed E-state index contributed by atoms with van der Waals surface area (Å²) < 4.78 is 36.4. The number of thiazole rings is 1. The van der Waals surface area contributed by atoms with Crippen LogP contribution in [0.25, 0.3) is 10.2 Å². The summed E-state index contributed by atoms with van der Waals surface area (Å²) in [7, 11) is -3.76. The van der Waals surface area contributed by atoms with Gasteiger partial charge in [-0.2, -0.15) is 0 Å². The Morgan fingerprint density at radius 1 is 1.03 bits per heavy atom. The first kappa shape index (κ1) is 22.3. The zero-order valence-electron chi connectivity index (χ0n) is 17.8. The van der Waals surface area contributed by atoms with Crippen molar-refractivity contribution in [3.05, 3.63) is 93.6 Å². The van der Waals surface area contributed by atoms with Crippen molar-refractivity contribution < 1.29 is 13.2 Å². The van der Waals surface area contributed by atoms with Gasteiger partial charge in [0.2, 0.25) is 10.0 Å². The lowest BCUT2D eigenvalue weighted by atomic mass is 10.2. The van der Waals surface area contributed by atoms with Crippen molar-refractivity contribution in [1.29, 1.82) is 0 Å². The van der Waals surface area contributed by atoms with Crippen LogP contribution in [-0.2, 0) is 16.6 Å². The second-order valence-electron chi connectivity index (χ2n) is 7.72. The normalized spacial score (nSPS) is 12.7. The highest BCUT2D eigenvalue weighted by Gasteiger charge is 2.20. The van der Waals surface area contributed by atoms with Crippen LogP contribution in [0, 0.1) is 6.92 Å². The third-order valence-corrected chi connectivity index (χ3v) is 7.54. The maximum atomic E-state index is 12.9. The van der Waals surface area contributed by atoms with Crippen molar-refractivity contribution in [3.8, 4) is 5.75 Å². The average molecular weight is 469 g/mol. The predicted molar refractivity (Wildman–Crippen MR) is 128 cm³/mol. The quantitative estimate of drug-likeness (QED) is 0.421. The van der Waals surface area contributed by atoms with Crippen molar-refractivity contribution >= 4 is 31.6 Å². The summed E-state index contributed by atoms with van der Waals surface area (Å²) in [6.45, 7) is 4.38. The van der Waals surface area contributed by atoms with Crippen molar-refractivity contribution in [1.82, 2.24) is 9.29 Å². The second-order valence-corrected chi connectivity index (χ2v) is 10.4. The molecule has 0 aliphatic carbocycles. The van der Waals surface area contributed by atoms with E-state index in [-0.39, 0.29) is 16.4 Å². The zero-order chi connectivity index (χ0) is 22.7.